The lowest BCUT2D eigenvalue weighted by molar-refractivity contribution is -0.0870. The van der Waals surface area contributed by atoms with Gasteiger partial charge in [-0.05, 0) is 37.7 Å². The van der Waals surface area contributed by atoms with E-state index in [-0.39, 0.29) is 5.92 Å². The first-order valence-electron chi connectivity index (χ1n) is 7.22. The fourth-order valence-electron chi connectivity index (χ4n) is 3.84. The number of anilines is 1. The maximum absolute atomic E-state index is 13.1. The molecule has 110 valence electrons. The molecule has 1 aliphatic heterocycles. The molecule has 2 heterocycles. The average molecular weight is 292 g/mol. The van der Waals surface area contributed by atoms with E-state index in [0.29, 0.717) is 17.0 Å². The second-order valence-electron chi connectivity index (χ2n) is 6.14. The van der Waals surface area contributed by atoms with Crippen molar-refractivity contribution in [2.45, 2.75) is 37.8 Å². The van der Waals surface area contributed by atoms with Crippen molar-refractivity contribution in [3.05, 3.63) is 33.5 Å². The molecule has 1 aromatic rings. The fourth-order valence-corrected chi connectivity index (χ4v) is 3.84. The number of alkyl halides is 3. The molecule has 3 aliphatic carbocycles. The van der Waals surface area contributed by atoms with Gasteiger partial charge in [-0.25, -0.2) is 0 Å². The quantitative estimate of drug-likeness (QED) is 0.796. The Morgan fingerprint density at radius 2 is 2.10 bits per heavy atom. The Morgan fingerprint density at radius 3 is 2.86 bits per heavy atom. The number of nitrogen functional groups attached to an aromatic ring is 1. The Kier molecular flexibility index (Phi) is 2.53. The molecule has 0 aromatic carbocycles. The third-order valence-electron chi connectivity index (χ3n) is 4.79. The number of halogens is 3. The van der Waals surface area contributed by atoms with Gasteiger partial charge in [0.2, 0.25) is 0 Å². The van der Waals surface area contributed by atoms with Gasteiger partial charge in [0.25, 0.3) is 0 Å². The summed E-state index contributed by atoms with van der Waals surface area (Å²) in [6.07, 6.45) is 3.73. The zero-order chi connectivity index (χ0) is 14.8. The van der Waals surface area contributed by atoms with E-state index in [1.165, 1.54) is 6.08 Å². The highest BCUT2D eigenvalue weighted by atomic mass is 19.4. The highest BCUT2D eigenvalue weighted by molar-refractivity contribution is 5.64. The minimum Gasteiger partial charge on any atom is -0.398 e. The predicted octanol–water partition coefficient (Wildman–Crippen LogP) is 2.17. The lowest BCUT2D eigenvalue weighted by Crippen LogP contribution is -2.36. The van der Waals surface area contributed by atoms with E-state index in [0.717, 1.165) is 48.2 Å². The zero-order valence-corrected chi connectivity index (χ0v) is 11.4. The van der Waals surface area contributed by atoms with Crippen LogP contribution in [-0.2, 0) is 6.42 Å². The summed E-state index contributed by atoms with van der Waals surface area (Å²) in [5.41, 5.74) is 7.97. The van der Waals surface area contributed by atoms with Crippen LogP contribution in [0.25, 0.3) is 12.2 Å². The smallest absolute Gasteiger partial charge is 0.398 e. The monoisotopic (exact) mass is 292 g/mol. The third-order valence-corrected chi connectivity index (χ3v) is 4.79. The van der Waals surface area contributed by atoms with Crippen molar-refractivity contribution in [2.75, 3.05) is 5.73 Å². The molecule has 6 bridgehead atoms. The SMILES string of the molecule is Nc1c2c3nc4c1=CCCC(C4)CC2C=C(C(F)(F)F)C=3. The second-order valence-corrected chi connectivity index (χ2v) is 6.14. The van der Waals surface area contributed by atoms with Crippen LogP contribution in [0.5, 0.6) is 0 Å². The molecule has 0 fully saturated rings. The van der Waals surface area contributed by atoms with Crippen molar-refractivity contribution in [2.24, 2.45) is 5.92 Å². The summed E-state index contributed by atoms with van der Waals surface area (Å²) in [5.74, 6) is 0.120. The van der Waals surface area contributed by atoms with Gasteiger partial charge >= 0.3 is 6.18 Å². The molecule has 0 saturated carbocycles. The van der Waals surface area contributed by atoms with Crippen LogP contribution in [0.15, 0.2) is 11.6 Å². The molecule has 0 spiro atoms. The van der Waals surface area contributed by atoms with E-state index in [4.69, 9.17) is 5.73 Å². The normalized spacial score (nSPS) is 26.3. The van der Waals surface area contributed by atoms with Crippen molar-refractivity contribution < 1.29 is 13.2 Å². The Labute approximate surface area is 119 Å². The summed E-state index contributed by atoms with van der Waals surface area (Å²) >= 11 is 0. The largest absolute Gasteiger partial charge is 0.416 e. The van der Waals surface area contributed by atoms with E-state index >= 15 is 0 Å². The van der Waals surface area contributed by atoms with Gasteiger partial charge in [-0.15, -0.1) is 0 Å². The van der Waals surface area contributed by atoms with E-state index in [9.17, 15) is 13.2 Å². The lowest BCUT2D eigenvalue weighted by Gasteiger charge is -2.29. The number of allylic oxidation sites excluding steroid dienone is 2. The van der Waals surface area contributed by atoms with Crippen LogP contribution in [0.1, 0.15) is 36.4 Å². The first kappa shape index (κ1) is 12.9. The molecule has 2 unspecified atom stereocenters. The Hall–Kier alpha value is -1.78. The summed E-state index contributed by atoms with van der Waals surface area (Å²) in [6.45, 7) is 0. The molecule has 0 radical (unpaired) electrons. The van der Waals surface area contributed by atoms with Crippen LogP contribution < -0.4 is 16.3 Å². The minimum absolute atomic E-state index is 0.265. The molecule has 5 heteroatoms. The van der Waals surface area contributed by atoms with Gasteiger partial charge in [0.05, 0.1) is 16.6 Å². The number of hydrogen-bond donors (Lipinski definition) is 1. The molecule has 0 amide bonds. The molecule has 1 aromatic heterocycles. The van der Waals surface area contributed by atoms with E-state index in [2.05, 4.69) is 11.1 Å². The second kappa shape index (κ2) is 4.12. The van der Waals surface area contributed by atoms with E-state index in [1.807, 2.05) is 0 Å². The first-order chi connectivity index (χ1) is 9.93. The minimum atomic E-state index is -4.33. The van der Waals surface area contributed by atoms with Gasteiger partial charge < -0.3 is 5.73 Å². The highest BCUT2D eigenvalue weighted by Gasteiger charge is 2.37. The molecule has 2 nitrogen and oxygen atoms in total. The molecule has 2 N–H and O–H groups in total. The van der Waals surface area contributed by atoms with Crippen molar-refractivity contribution in [3.63, 3.8) is 0 Å². The first-order valence-corrected chi connectivity index (χ1v) is 7.22. The van der Waals surface area contributed by atoms with Crippen molar-refractivity contribution in [1.29, 1.82) is 0 Å². The van der Waals surface area contributed by atoms with Gasteiger partial charge in [0.1, 0.15) is 0 Å². The van der Waals surface area contributed by atoms with E-state index < -0.39 is 11.7 Å². The van der Waals surface area contributed by atoms with Crippen LogP contribution in [-0.4, -0.2) is 11.2 Å². The van der Waals surface area contributed by atoms with Gasteiger partial charge in [-0.3, -0.25) is 4.98 Å². The van der Waals surface area contributed by atoms with Crippen LogP contribution >= 0.6 is 0 Å². The highest BCUT2D eigenvalue weighted by Crippen LogP contribution is 2.39. The molecule has 0 saturated heterocycles. The van der Waals surface area contributed by atoms with Crippen molar-refractivity contribution in [3.8, 4) is 0 Å². The average Bonchev–Trinajstić information content (AvgIpc) is 2.55. The third kappa shape index (κ3) is 1.90. The Balaban J connectivity index is 2.06. The summed E-state index contributed by atoms with van der Waals surface area (Å²) in [6, 6.07) is 0. The van der Waals surface area contributed by atoms with Crippen LogP contribution in [0.3, 0.4) is 0 Å². The topological polar surface area (TPSA) is 38.9 Å². The fraction of sp³-hybridized carbons (Fsp3) is 0.438. The van der Waals surface area contributed by atoms with Crippen molar-refractivity contribution in [1.82, 2.24) is 4.98 Å². The van der Waals surface area contributed by atoms with Gasteiger partial charge in [0.15, 0.2) is 0 Å². The van der Waals surface area contributed by atoms with Crippen molar-refractivity contribution >= 4 is 17.8 Å². The molecule has 2 atom stereocenters. The molecule has 4 aliphatic rings. The number of rotatable bonds is 0. The van der Waals surface area contributed by atoms with Gasteiger partial charge in [-0.1, -0.05) is 12.2 Å². The van der Waals surface area contributed by atoms with Crippen LogP contribution in [0, 0.1) is 5.92 Å². The summed E-state index contributed by atoms with van der Waals surface area (Å²) in [4.78, 5) is 4.51. The summed E-state index contributed by atoms with van der Waals surface area (Å²) in [5, 5.41) is 1.37. The van der Waals surface area contributed by atoms with Crippen LogP contribution in [0.2, 0.25) is 0 Å². The van der Waals surface area contributed by atoms with Crippen LogP contribution in [0.4, 0.5) is 18.9 Å². The lowest BCUT2D eigenvalue weighted by atomic mass is 9.79. The maximum atomic E-state index is 13.1. The molecular formula is C16H15F3N2. The van der Waals surface area contributed by atoms with Gasteiger partial charge in [0, 0.05) is 22.4 Å². The Bertz CT molecular complexity index is 774. The number of hydrogen-bond acceptors (Lipinski definition) is 2. The summed E-state index contributed by atoms with van der Waals surface area (Å²) in [7, 11) is 0. The number of aromatic nitrogens is 1. The Morgan fingerprint density at radius 1 is 1.29 bits per heavy atom. The molecular weight excluding hydrogens is 277 g/mol. The zero-order valence-electron chi connectivity index (χ0n) is 11.4. The standard InChI is InChI=1S/C16H15F3N2/c17-16(18,19)10-6-9-4-8-2-1-3-11-12(5-8)21-13(7-10)14(9)15(11)20/h3,6-9H,1-2,4-5,20H2. The van der Waals surface area contributed by atoms with E-state index in [1.54, 1.807) is 0 Å². The predicted molar refractivity (Wildman–Crippen MR) is 74.8 cm³/mol. The number of pyridine rings is 1. The number of nitrogens with zero attached hydrogens (tertiary/aromatic N) is 1. The maximum Gasteiger partial charge on any atom is 0.416 e. The molecule has 21 heavy (non-hydrogen) atoms. The summed E-state index contributed by atoms with van der Waals surface area (Å²) < 4.78 is 39.2. The van der Waals surface area contributed by atoms with Gasteiger partial charge in [-0.2, -0.15) is 13.2 Å². The number of nitrogens with two attached hydrogens (primary N) is 1. The molecule has 5 rings (SSSR count).